The van der Waals surface area contributed by atoms with E-state index < -0.39 is 0 Å². The fourth-order valence-electron chi connectivity index (χ4n) is 0.633. The van der Waals surface area contributed by atoms with Crippen molar-refractivity contribution in [2.24, 2.45) is 0 Å². The van der Waals surface area contributed by atoms with Crippen molar-refractivity contribution in [1.29, 1.82) is 0 Å². The van der Waals surface area contributed by atoms with Crippen molar-refractivity contribution in [3.05, 3.63) is 21.9 Å². The molecule has 0 saturated carbocycles. The smallest absolute Gasteiger partial charge is 0.129 e. The molecule has 1 aliphatic rings. The summed E-state index contributed by atoms with van der Waals surface area (Å²) in [6, 6.07) is 0. The normalized spacial score (nSPS) is 33.4. The van der Waals surface area contributed by atoms with E-state index in [1.807, 2.05) is 25.3 Å². The molecule has 0 amide bonds. The maximum Gasteiger partial charge on any atom is 0.129 e. The van der Waals surface area contributed by atoms with Crippen LogP contribution in [-0.4, -0.2) is 5.00 Å². The maximum atomic E-state index is 5.92. The standard InChI is InChI=1S/C6H7ClIN/c1-6(7)4-5(8)2-3-9-6/h2-4,9H,1H3. The van der Waals surface area contributed by atoms with Gasteiger partial charge in [0.05, 0.1) is 0 Å². The number of dihydropyridines is 1. The number of nitrogens with one attached hydrogen (secondary N) is 1. The predicted octanol–water partition coefficient (Wildman–Crippen LogP) is 2.38. The molecule has 1 nitrogen and oxygen atoms in total. The first-order chi connectivity index (χ1) is 4.10. The van der Waals surface area contributed by atoms with Crippen LogP contribution in [-0.2, 0) is 0 Å². The van der Waals surface area contributed by atoms with E-state index in [0.29, 0.717) is 0 Å². The first-order valence-corrected chi connectivity index (χ1v) is 4.07. The van der Waals surface area contributed by atoms with Crippen molar-refractivity contribution in [3.63, 3.8) is 0 Å². The van der Waals surface area contributed by atoms with Crippen molar-refractivity contribution < 1.29 is 0 Å². The quantitative estimate of drug-likeness (QED) is 0.398. The molecule has 1 atom stereocenters. The Kier molecular flexibility index (Phi) is 2.06. The highest BCUT2D eigenvalue weighted by molar-refractivity contribution is 14.1. The average Bonchev–Trinajstić information content (AvgIpc) is 1.60. The topological polar surface area (TPSA) is 12.0 Å². The van der Waals surface area contributed by atoms with Crippen LogP contribution in [0, 0.1) is 0 Å². The van der Waals surface area contributed by atoms with E-state index in [-0.39, 0.29) is 5.00 Å². The third-order valence-electron chi connectivity index (χ3n) is 1.02. The van der Waals surface area contributed by atoms with Gasteiger partial charge in [-0.15, -0.1) is 0 Å². The molecule has 0 aliphatic carbocycles. The third kappa shape index (κ3) is 2.18. The van der Waals surface area contributed by atoms with Crippen LogP contribution < -0.4 is 5.32 Å². The van der Waals surface area contributed by atoms with E-state index in [0.717, 1.165) is 0 Å². The first kappa shape index (κ1) is 7.41. The summed E-state index contributed by atoms with van der Waals surface area (Å²) in [5, 5.41) is 2.99. The highest BCUT2D eigenvalue weighted by Crippen LogP contribution is 2.22. The number of allylic oxidation sites excluding steroid dienone is 2. The molecule has 0 aromatic carbocycles. The average molecular weight is 255 g/mol. The summed E-state index contributed by atoms with van der Waals surface area (Å²) in [5.74, 6) is 0. The second-order valence-electron chi connectivity index (χ2n) is 2.08. The summed E-state index contributed by atoms with van der Waals surface area (Å²) in [4.78, 5) is -0.384. The van der Waals surface area contributed by atoms with Gasteiger partial charge in [0, 0.05) is 3.58 Å². The highest BCUT2D eigenvalue weighted by atomic mass is 127. The van der Waals surface area contributed by atoms with E-state index in [1.54, 1.807) is 0 Å². The van der Waals surface area contributed by atoms with Gasteiger partial charge in [-0.2, -0.15) is 0 Å². The van der Waals surface area contributed by atoms with Crippen molar-refractivity contribution in [2.75, 3.05) is 0 Å². The van der Waals surface area contributed by atoms with Gasteiger partial charge in [-0.05, 0) is 47.9 Å². The Bertz CT molecular complexity index is 172. The lowest BCUT2D eigenvalue weighted by Gasteiger charge is -2.21. The number of halogens is 2. The summed E-state index contributed by atoms with van der Waals surface area (Å²) < 4.78 is 1.17. The zero-order valence-electron chi connectivity index (χ0n) is 4.99. The van der Waals surface area contributed by atoms with Gasteiger partial charge in [0.1, 0.15) is 5.00 Å². The van der Waals surface area contributed by atoms with Crippen LogP contribution in [0.25, 0.3) is 0 Å². The van der Waals surface area contributed by atoms with Crippen LogP contribution in [0.3, 0.4) is 0 Å². The minimum absolute atomic E-state index is 0.384. The van der Waals surface area contributed by atoms with Gasteiger partial charge in [0.25, 0.3) is 0 Å². The van der Waals surface area contributed by atoms with Gasteiger partial charge in [0.2, 0.25) is 0 Å². The summed E-state index contributed by atoms with van der Waals surface area (Å²) in [6.07, 6.45) is 5.80. The van der Waals surface area contributed by atoms with E-state index in [9.17, 15) is 0 Å². The molecule has 1 N–H and O–H groups in total. The van der Waals surface area contributed by atoms with Crippen molar-refractivity contribution in [2.45, 2.75) is 11.9 Å². The van der Waals surface area contributed by atoms with Crippen LogP contribution in [0.15, 0.2) is 21.9 Å². The largest absolute Gasteiger partial charge is 0.370 e. The van der Waals surface area contributed by atoms with Gasteiger partial charge < -0.3 is 5.32 Å². The number of rotatable bonds is 0. The molecule has 0 radical (unpaired) electrons. The Morgan fingerprint density at radius 2 is 2.44 bits per heavy atom. The number of hydrogen-bond acceptors (Lipinski definition) is 1. The van der Waals surface area contributed by atoms with Crippen molar-refractivity contribution in [3.8, 4) is 0 Å². The lowest BCUT2D eigenvalue weighted by atomic mass is 10.2. The second-order valence-corrected chi connectivity index (χ2v) is 4.11. The summed E-state index contributed by atoms with van der Waals surface area (Å²) in [6.45, 7) is 1.91. The highest BCUT2D eigenvalue weighted by Gasteiger charge is 2.16. The Balaban J connectivity index is 2.78. The molecule has 9 heavy (non-hydrogen) atoms. The predicted molar refractivity (Wildman–Crippen MR) is 48.6 cm³/mol. The zero-order chi connectivity index (χ0) is 6.91. The Hall–Kier alpha value is 0.300. The molecule has 1 aliphatic heterocycles. The van der Waals surface area contributed by atoms with Gasteiger partial charge >= 0.3 is 0 Å². The number of alkyl halides is 1. The molecule has 0 aromatic rings. The van der Waals surface area contributed by atoms with Crippen LogP contribution in [0.5, 0.6) is 0 Å². The Morgan fingerprint density at radius 1 is 1.78 bits per heavy atom. The van der Waals surface area contributed by atoms with Crippen LogP contribution in [0.2, 0.25) is 0 Å². The van der Waals surface area contributed by atoms with E-state index in [2.05, 4.69) is 27.9 Å². The fraction of sp³-hybridized carbons (Fsp3) is 0.333. The van der Waals surface area contributed by atoms with E-state index in [1.165, 1.54) is 3.58 Å². The molecule has 0 fully saturated rings. The van der Waals surface area contributed by atoms with Crippen LogP contribution >= 0.6 is 34.2 Å². The van der Waals surface area contributed by atoms with Crippen molar-refractivity contribution in [1.82, 2.24) is 5.32 Å². The van der Waals surface area contributed by atoms with Gasteiger partial charge in [-0.1, -0.05) is 11.6 Å². The monoisotopic (exact) mass is 255 g/mol. The fourth-order valence-corrected chi connectivity index (χ4v) is 1.80. The van der Waals surface area contributed by atoms with Gasteiger partial charge in [-0.3, -0.25) is 0 Å². The van der Waals surface area contributed by atoms with E-state index in [4.69, 9.17) is 11.6 Å². The lowest BCUT2D eigenvalue weighted by molar-refractivity contribution is 0.685. The van der Waals surface area contributed by atoms with E-state index >= 15 is 0 Å². The first-order valence-electron chi connectivity index (χ1n) is 2.62. The molecule has 0 spiro atoms. The molecule has 0 bridgehead atoms. The molecule has 0 saturated heterocycles. The number of hydrogen-bond donors (Lipinski definition) is 1. The molecule has 50 valence electrons. The Morgan fingerprint density at radius 3 is 2.78 bits per heavy atom. The van der Waals surface area contributed by atoms with Crippen LogP contribution in [0.4, 0.5) is 0 Å². The van der Waals surface area contributed by atoms with Crippen LogP contribution in [0.1, 0.15) is 6.92 Å². The molecule has 1 unspecified atom stereocenters. The van der Waals surface area contributed by atoms with Crippen molar-refractivity contribution >= 4 is 34.2 Å². The minimum Gasteiger partial charge on any atom is -0.370 e. The zero-order valence-corrected chi connectivity index (χ0v) is 7.90. The second kappa shape index (κ2) is 2.50. The van der Waals surface area contributed by atoms with Gasteiger partial charge in [0.15, 0.2) is 0 Å². The molecular weight excluding hydrogens is 248 g/mol. The minimum atomic E-state index is -0.384. The lowest BCUT2D eigenvalue weighted by Crippen LogP contribution is -2.31. The summed E-state index contributed by atoms with van der Waals surface area (Å²) in [5.41, 5.74) is 0. The maximum absolute atomic E-state index is 5.92. The molecule has 0 aromatic heterocycles. The molecular formula is C6H7ClIN. The Labute approximate surface area is 73.3 Å². The molecule has 1 heterocycles. The SMILES string of the molecule is CC1(Cl)C=C(I)C=CN1. The summed E-state index contributed by atoms with van der Waals surface area (Å²) in [7, 11) is 0. The van der Waals surface area contributed by atoms with Gasteiger partial charge in [-0.25, -0.2) is 0 Å². The molecule has 1 rings (SSSR count). The third-order valence-corrected chi connectivity index (χ3v) is 1.91. The molecule has 3 heteroatoms. The summed E-state index contributed by atoms with van der Waals surface area (Å²) >= 11 is 8.16.